The third-order valence-corrected chi connectivity index (χ3v) is 5.26. The highest BCUT2D eigenvalue weighted by Crippen LogP contribution is 2.49. The lowest BCUT2D eigenvalue weighted by Gasteiger charge is -2.23. The average molecular weight is 384 g/mol. The van der Waals surface area contributed by atoms with Gasteiger partial charge in [-0.15, -0.1) is 0 Å². The summed E-state index contributed by atoms with van der Waals surface area (Å²) in [4.78, 5) is 22.6. The normalized spacial score (nSPS) is 15.4. The Balaban J connectivity index is 1.54. The van der Waals surface area contributed by atoms with Crippen LogP contribution in [0.4, 0.5) is 0 Å². The van der Waals surface area contributed by atoms with Crippen LogP contribution in [-0.2, 0) is 16.8 Å². The first kappa shape index (κ1) is 15.4. The number of hydrogen-bond acceptors (Lipinski definition) is 2. The first-order valence-electron chi connectivity index (χ1n) is 8.04. The van der Waals surface area contributed by atoms with Gasteiger partial charge in [-0.1, -0.05) is 40.2 Å². The van der Waals surface area contributed by atoms with Crippen LogP contribution < -0.4 is 0 Å². The summed E-state index contributed by atoms with van der Waals surface area (Å²) in [6.07, 6.45) is 1.83. The lowest BCUT2D eigenvalue weighted by Crippen LogP contribution is -2.36. The van der Waals surface area contributed by atoms with Crippen LogP contribution in [0.15, 0.2) is 53.0 Å². The van der Waals surface area contributed by atoms with Crippen LogP contribution in [0.2, 0.25) is 0 Å². The molecule has 1 heterocycles. The molecule has 0 aliphatic heterocycles. The smallest absolute Gasteiger partial charge is 0.233 e. The summed E-state index contributed by atoms with van der Waals surface area (Å²) in [5.41, 5.74) is 2.69. The Morgan fingerprint density at radius 2 is 1.92 bits per heavy atom. The summed E-state index contributed by atoms with van der Waals surface area (Å²) in [5.74, 6) is 0.990. The fourth-order valence-corrected chi connectivity index (χ4v) is 3.53. The van der Waals surface area contributed by atoms with E-state index in [9.17, 15) is 4.79 Å². The molecule has 5 heteroatoms. The zero-order valence-corrected chi connectivity index (χ0v) is 15.0. The van der Waals surface area contributed by atoms with E-state index in [0.29, 0.717) is 6.54 Å². The molecule has 1 aliphatic rings. The highest BCUT2D eigenvalue weighted by Gasteiger charge is 2.52. The molecule has 0 radical (unpaired) electrons. The van der Waals surface area contributed by atoms with Crippen molar-refractivity contribution in [1.82, 2.24) is 14.9 Å². The number of nitrogens with one attached hydrogen (secondary N) is 1. The van der Waals surface area contributed by atoms with E-state index in [1.165, 1.54) is 0 Å². The van der Waals surface area contributed by atoms with Gasteiger partial charge in [-0.05, 0) is 42.7 Å². The van der Waals surface area contributed by atoms with E-state index in [-0.39, 0.29) is 11.3 Å². The van der Waals surface area contributed by atoms with Crippen molar-refractivity contribution >= 4 is 32.9 Å². The van der Waals surface area contributed by atoms with E-state index in [4.69, 9.17) is 0 Å². The number of carbonyl (C=O) groups is 1. The third kappa shape index (κ3) is 2.63. The molecule has 1 fully saturated rings. The number of halogens is 1. The van der Waals surface area contributed by atoms with Crippen molar-refractivity contribution in [1.29, 1.82) is 0 Å². The second kappa shape index (κ2) is 5.74. The Kier molecular flexibility index (Phi) is 3.68. The quantitative estimate of drug-likeness (QED) is 0.739. The minimum absolute atomic E-state index is 0.172. The molecule has 1 N–H and O–H groups in total. The number of hydrogen-bond donors (Lipinski definition) is 1. The molecule has 122 valence electrons. The molecule has 1 saturated carbocycles. The molecule has 0 atom stereocenters. The van der Waals surface area contributed by atoms with E-state index in [1.807, 2.05) is 55.6 Å². The zero-order chi connectivity index (χ0) is 16.7. The van der Waals surface area contributed by atoms with Crippen molar-refractivity contribution in [3.8, 4) is 0 Å². The number of H-pyrrole nitrogens is 1. The zero-order valence-electron chi connectivity index (χ0n) is 13.4. The van der Waals surface area contributed by atoms with Gasteiger partial charge in [-0.2, -0.15) is 0 Å². The second-order valence-electron chi connectivity index (χ2n) is 6.45. The topological polar surface area (TPSA) is 49.0 Å². The monoisotopic (exact) mass is 383 g/mol. The molecule has 0 spiro atoms. The van der Waals surface area contributed by atoms with Gasteiger partial charge in [0, 0.05) is 11.5 Å². The molecule has 0 bridgehead atoms. The predicted molar refractivity (Wildman–Crippen MR) is 97.6 cm³/mol. The van der Waals surface area contributed by atoms with Crippen molar-refractivity contribution in [2.24, 2.45) is 0 Å². The Bertz CT molecular complexity index is 863. The molecular weight excluding hydrogens is 366 g/mol. The summed E-state index contributed by atoms with van der Waals surface area (Å²) in [7, 11) is 1.86. The Morgan fingerprint density at radius 3 is 2.58 bits per heavy atom. The molecule has 1 aliphatic carbocycles. The number of imidazole rings is 1. The van der Waals surface area contributed by atoms with Gasteiger partial charge in [0.25, 0.3) is 0 Å². The standard InChI is InChI=1S/C19H18BrN3O/c1-23(12-17-21-15-4-2-3-5-16(15)22-17)18(24)19(10-11-19)13-6-8-14(20)9-7-13/h2-9H,10-12H2,1H3,(H,21,22). The van der Waals surface area contributed by atoms with E-state index < -0.39 is 0 Å². The largest absolute Gasteiger partial charge is 0.340 e. The first-order chi connectivity index (χ1) is 11.6. The molecular formula is C19H18BrN3O. The van der Waals surface area contributed by atoms with Gasteiger partial charge < -0.3 is 9.88 Å². The van der Waals surface area contributed by atoms with Gasteiger partial charge in [0.05, 0.1) is 23.0 Å². The van der Waals surface area contributed by atoms with E-state index in [0.717, 1.165) is 39.7 Å². The maximum Gasteiger partial charge on any atom is 0.233 e. The highest BCUT2D eigenvalue weighted by molar-refractivity contribution is 9.10. The Hall–Kier alpha value is -2.14. The molecule has 0 unspecified atom stereocenters. The van der Waals surface area contributed by atoms with Crippen molar-refractivity contribution in [2.75, 3.05) is 7.05 Å². The van der Waals surface area contributed by atoms with Gasteiger partial charge in [0.2, 0.25) is 5.91 Å². The minimum atomic E-state index is -0.346. The van der Waals surface area contributed by atoms with Crippen molar-refractivity contribution in [2.45, 2.75) is 24.8 Å². The minimum Gasteiger partial charge on any atom is -0.340 e. The summed E-state index contributed by atoms with van der Waals surface area (Å²) in [6, 6.07) is 16.0. The maximum atomic E-state index is 13.0. The Labute approximate surface area is 149 Å². The number of likely N-dealkylation sites (N-methyl/N-ethyl adjacent to an activating group) is 1. The molecule has 1 aromatic heterocycles. The SMILES string of the molecule is CN(Cc1nc2ccccc2[nH]1)C(=O)C1(c2ccc(Br)cc2)CC1. The lowest BCUT2D eigenvalue weighted by atomic mass is 9.94. The molecule has 4 nitrogen and oxygen atoms in total. The van der Waals surface area contributed by atoms with Gasteiger partial charge in [0.15, 0.2) is 0 Å². The van der Waals surface area contributed by atoms with E-state index in [1.54, 1.807) is 4.90 Å². The summed E-state index contributed by atoms with van der Waals surface area (Å²) >= 11 is 3.45. The predicted octanol–water partition coefficient (Wildman–Crippen LogP) is 4.02. The summed E-state index contributed by atoms with van der Waals surface area (Å²) in [6.45, 7) is 0.492. The summed E-state index contributed by atoms with van der Waals surface area (Å²) in [5, 5.41) is 0. The van der Waals surface area contributed by atoms with E-state index in [2.05, 4.69) is 25.9 Å². The van der Waals surface area contributed by atoms with Crippen molar-refractivity contribution in [3.05, 3.63) is 64.4 Å². The van der Waals surface area contributed by atoms with Crippen LogP contribution in [0.25, 0.3) is 11.0 Å². The van der Waals surface area contributed by atoms with Crippen LogP contribution in [0.3, 0.4) is 0 Å². The molecule has 4 rings (SSSR count). The number of fused-ring (bicyclic) bond motifs is 1. The number of rotatable bonds is 4. The number of aromatic amines is 1. The number of carbonyl (C=O) groups excluding carboxylic acids is 1. The Morgan fingerprint density at radius 1 is 1.21 bits per heavy atom. The number of nitrogens with zero attached hydrogens (tertiary/aromatic N) is 2. The highest BCUT2D eigenvalue weighted by atomic mass is 79.9. The number of aromatic nitrogens is 2. The fourth-order valence-electron chi connectivity index (χ4n) is 3.26. The molecule has 0 saturated heterocycles. The van der Waals surface area contributed by atoms with Crippen LogP contribution in [-0.4, -0.2) is 27.8 Å². The fraction of sp³-hybridized carbons (Fsp3) is 0.263. The number of benzene rings is 2. The molecule has 1 amide bonds. The van der Waals surface area contributed by atoms with Crippen LogP contribution >= 0.6 is 15.9 Å². The first-order valence-corrected chi connectivity index (χ1v) is 8.83. The lowest BCUT2D eigenvalue weighted by molar-refractivity contribution is -0.133. The van der Waals surface area contributed by atoms with Gasteiger partial charge in [-0.25, -0.2) is 4.98 Å². The molecule has 24 heavy (non-hydrogen) atoms. The van der Waals surface area contributed by atoms with Gasteiger partial charge >= 0.3 is 0 Å². The van der Waals surface area contributed by atoms with Crippen LogP contribution in [0.1, 0.15) is 24.2 Å². The maximum absolute atomic E-state index is 13.0. The van der Waals surface area contributed by atoms with Gasteiger partial charge in [0.1, 0.15) is 5.82 Å². The molecule has 3 aromatic rings. The van der Waals surface area contributed by atoms with Crippen molar-refractivity contribution in [3.63, 3.8) is 0 Å². The average Bonchev–Trinajstić information content (AvgIpc) is 3.29. The number of amides is 1. The second-order valence-corrected chi connectivity index (χ2v) is 7.37. The van der Waals surface area contributed by atoms with Gasteiger partial charge in [-0.3, -0.25) is 4.79 Å². The van der Waals surface area contributed by atoms with Crippen LogP contribution in [0.5, 0.6) is 0 Å². The van der Waals surface area contributed by atoms with Crippen molar-refractivity contribution < 1.29 is 4.79 Å². The molecule has 2 aromatic carbocycles. The number of para-hydroxylation sites is 2. The summed E-state index contributed by atoms with van der Waals surface area (Å²) < 4.78 is 1.03. The van der Waals surface area contributed by atoms with E-state index >= 15 is 0 Å². The van der Waals surface area contributed by atoms with Crippen LogP contribution in [0, 0.1) is 0 Å². The third-order valence-electron chi connectivity index (χ3n) is 4.73.